The minimum absolute atomic E-state index is 0.0648. The maximum atomic E-state index is 12.6. The molecule has 0 fully saturated rings. The van der Waals surface area contributed by atoms with E-state index < -0.39 is 25.4 Å². The van der Waals surface area contributed by atoms with Crippen LogP contribution in [0.1, 0.15) is 0 Å². The van der Waals surface area contributed by atoms with Crippen LogP contribution in [0.2, 0.25) is 0 Å². The summed E-state index contributed by atoms with van der Waals surface area (Å²) < 4.78 is 25.1. The fourth-order valence-corrected chi connectivity index (χ4v) is 3.33. The number of hydrogen-bond acceptors (Lipinski definition) is 8. The summed E-state index contributed by atoms with van der Waals surface area (Å²) in [5.74, 6) is 0. The van der Waals surface area contributed by atoms with Gasteiger partial charge in [0.1, 0.15) is 5.69 Å². The van der Waals surface area contributed by atoms with E-state index in [1.807, 2.05) is 0 Å². The number of aliphatic hydroxyl groups is 1. The normalized spacial score (nSPS) is 11.1. The van der Waals surface area contributed by atoms with Crippen molar-refractivity contribution < 1.29 is 23.4 Å². The Kier molecular flexibility index (Phi) is 5.29. The number of nitro groups is 2. The van der Waals surface area contributed by atoms with Gasteiger partial charge in [0, 0.05) is 24.7 Å². The number of nitro benzene ring substituents is 2. The number of benzene rings is 2. The Morgan fingerprint density at radius 3 is 2.08 bits per heavy atom. The van der Waals surface area contributed by atoms with Crippen LogP contribution in [-0.2, 0) is 9.84 Å². The molecule has 0 spiro atoms. The molecule has 0 aliphatic rings. The standard InChI is InChI=1S/C14H13N3O7S/c18-8-7-15-13-6-5-12(9-14(13)17(21)22)25(23,24)11-3-1-10(2-4-11)16(19)20/h1-6,9,15,18H,7-8H2. The van der Waals surface area contributed by atoms with Gasteiger partial charge < -0.3 is 10.4 Å². The fraction of sp³-hybridized carbons (Fsp3) is 0.143. The van der Waals surface area contributed by atoms with Crippen molar-refractivity contribution in [2.75, 3.05) is 18.5 Å². The van der Waals surface area contributed by atoms with E-state index in [4.69, 9.17) is 5.11 Å². The number of aliphatic hydroxyl groups excluding tert-OH is 1. The van der Waals surface area contributed by atoms with Gasteiger partial charge in [0.25, 0.3) is 11.4 Å². The smallest absolute Gasteiger partial charge is 0.293 e. The number of rotatable bonds is 7. The molecule has 0 aliphatic heterocycles. The average Bonchev–Trinajstić information content (AvgIpc) is 2.59. The third-order valence-electron chi connectivity index (χ3n) is 3.26. The second-order valence-corrected chi connectivity index (χ2v) is 6.79. The van der Waals surface area contributed by atoms with Crippen molar-refractivity contribution in [2.45, 2.75) is 9.79 Å². The Morgan fingerprint density at radius 1 is 0.960 bits per heavy atom. The van der Waals surface area contributed by atoms with Gasteiger partial charge in [0.2, 0.25) is 9.84 Å². The van der Waals surface area contributed by atoms with Crippen LogP contribution in [-0.4, -0.2) is 36.5 Å². The molecule has 132 valence electrons. The first-order valence-electron chi connectivity index (χ1n) is 6.90. The molecule has 0 amide bonds. The highest BCUT2D eigenvalue weighted by Crippen LogP contribution is 2.30. The molecule has 0 heterocycles. The lowest BCUT2D eigenvalue weighted by molar-refractivity contribution is -0.384. The average molecular weight is 367 g/mol. The lowest BCUT2D eigenvalue weighted by Crippen LogP contribution is -2.09. The molecular formula is C14H13N3O7S. The highest BCUT2D eigenvalue weighted by molar-refractivity contribution is 7.91. The Morgan fingerprint density at radius 2 is 1.56 bits per heavy atom. The molecule has 25 heavy (non-hydrogen) atoms. The van der Waals surface area contributed by atoms with Gasteiger partial charge in [-0.3, -0.25) is 20.2 Å². The largest absolute Gasteiger partial charge is 0.395 e. The molecule has 2 aromatic rings. The zero-order chi connectivity index (χ0) is 18.6. The van der Waals surface area contributed by atoms with Crippen molar-refractivity contribution >= 4 is 26.9 Å². The first kappa shape index (κ1) is 18.3. The molecule has 0 saturated heterocycles. The number of sulfone groups is 1. The molecule has 0 unspecified atom stereocenters. The summed E-state index contributed by atoms with van der Waals surface area (Å²) in [5, 5.41) is 33.2. The van der Waals surface area contributed by atoms with E-state index in [2.05, 4.69) is 5.32 Å². The first-order valence-corrected chi connectivity index (χ1v) is 8.38. The third kappa shape index (κ3) is 3.89. The molecule has 0 radical (unpaired) electrons. The van der Waals surface area contributed by atoms with Gasteiger partial charge in [0.05, 0.1) is 26.2 Å². The van der Waals surface area contributed by atoms with Crippen LogP contribution < -0.4 is 5.32 Å². The van der Waals surface area contributed by atoms with Crippen molar-refractivity contribution in [3.05, 3.63) is 62.7 Å². The summed E-state index contributed by atoms with van der Waals surface area (Å²) in [6.07, 6.45) is 0. The van der Waals surface area contributed by atoms with Crippen molar-refractivity contribution in [3.63, 3.8) is 0 Å². The quantitative estimate of drug-likeness (QED) is 0.554. The summed E-state index contributed by atoms with van der Waals surface area (Å²) in [6.45, 7) is -0.185. The van der Waals surface area contributed by atoms with Crippen molar-refractivity contribution in [3.8, 4) is 0 Å². The minimum atomic E-state index is -4.08. The lowest BCUT2D eigenvalue weighted by Gasteiger charge is -2.08. The van der Waals surface area contributed by atoms with Crippen molar-refractivity contribution in [1.29, 1.82) is 0 Å². The van der Waals surface area contributed by atoms with Crippen LogP contribution in [0.25, 0.3) is 0 Å². The Hall–Kier alpha value is -3.05. The van der Waals surface area contributed by atoms with E-state index in [9.17, 15) is 28.6 Å². The van der Waals surface area contributed by atoms with E-state index in [0.29, 0.717) is 0 Å². The SMILES string of the molecule is O=[N+]([O-])c1ccc(S(=O)(=O)c2ccc(NCCO)c([N+](=O)[O-])c2)cc1. The molecule has 0 aliphatic carbocycles. The molecule has 2 N–H and O–H groups in total. The fourth-order valence-electron chi connectivity index (χ4n) is 2.05. The molecule has 11 heteroatoms. The van der Waals surface area contributed by atoms with E-state index >= 15 is 0 Å². The summed E-state index contributed by atoms with van der Waals surface area (Å²) in [5.41, 5.74) is -0.661. The van der Waals surface area contributed by atoms with E-state index in [1.165, 1.54) is 12.1 Å². The molecule has 0 bridgehead atoms. The molecule has 2 aromatic carbocycles. The molecule has 0 saturated carbocycles. The molecule has 0 atom stereocenters. The van der Waals surface area contributed by atoms with Crippen LogP contribution in [0.4, 0.5) is 17.1 Å². The highest BCUT2D eigenvalue weighted by atomic mass is 32.2. The van der Waals surface area contributed by atoms with E-state index in [1.54, 1.807) is 0 Å². The molecule has 2 rings (SSSR count). The Balaban J connectivity index is 2.46. The van der Waals surface area contributed by atoms with Crippen LogP contribution in [0.5, 0.6) is 0 Å². The first-order chi connectivity index (χ1) is 11.8. The van der Waals surface area contributed by atoms with Crippen LogP contribution >= 0.6 is 0 Å². The van der Waals surface area contributed by atoms with Gasteiger partial charge >= 0.3 is 0 Å². The van der Waals surface area contributed by atoms with Gasteiger partial charge in [-0.05, 0) is 24.3 Å². The number of nitrogens with one attached hydrogen (secondary N) is 1. The van der Waals surface area contributed by atoms with Crippen LogP contribution in [0.15, 0.2) is 52.3 Å². The highest BCUT2D eigenvalue weighted by Gasteiger charge is 2.23. The summed E-state index contributed by atoms with van der Waals surface area (Å²) in [6, 6.07) is 7.53. The monoisotopic (exact) mass is 367 g/mol. The number of nitrogens with zero attached hydrogens (tertiary/aromatic N) is 2. The predicted molar refractivity (Wildman–Crippen MR) is 87.2 cm³/mol. The lowest BCUT2D eigenvalue weighted by atomic mass is 10.2. The summed E-state index contributed by atoms with van der Waals surface area (Å²) >= 11 is 0. The maximum Gasteiger partial charge on any atom is 0.293 e. The maximum absolute atomic E-state index is 12.6. The minimum Gasteiger partial charge on any atom is -0.395 e. The van der Waals surface area contributed by atoms with Crippen molar-refractivity contribution in [2.24, 2.45) is 0 Å². The third-order valence-corrected chi connectivity index (χ3v) is 5.03. The topological polar surface area (TPSA) is 153 Å². The van der Waals surface area contributed by atoms with Gasteiger partial charge in [-0.1, -0.05) is 0 Å². The van der Waals surface area contributed by atoms with E-state index in [-0.39, 0.29) is 34.3 Å². The van der Waals surface area contributed by atoms with Crippen molar-refractivity contribution in [1.82, 2.24) is 0 Å². The second kappa shape index (κ2) is 7.23. The van der Waals surface area contributed by atoms with E-state index in [0.717, 1.165) is 30.3 Å². The van der Waals surface area contributed by atoms with Gasteiger partial charge in [-0.15, -0.1) is 0 Å². The second-order valence-electron chi connectivity index (χ2n) is 4.84. The molecule has 10 nitrogen and oxygen atoms in total. The Bertz CT molecular complexity index is 911. The van der Waals surface area contributed by atoms with Gasteiger partial charge in [-0.25, -0.2) is 8.42 Å². The van der Waals surface area contributed by atoms with Crippen LogP contribution in [0, 0.1) is 20.2 Å². The molecule has 0 aromatic heterocycles. The predicted octanol–water partition coefficient (Wildman–Crippen LogP) is 1.74. The molecular weight excluding hydrogens is 354 g/mol. The van der Waals surface area contributed by atoms with Crippen LogP contribution in [0.3, 0.4) is 0 Å². The summed E-state index contributed by atoms with van der Waals surface area (Å²) in [7, 11) is -4.08. The number of non-ortho nitro benzene ring substituents is 1. The number of anilines is 1. The number of hydrogen-bond donors (Lipinski definition) is 2. The summed E-state index contributed by atoms with van der Waals surface area (Å²) in [4.78, 5) is 19.8. The zero-order valence-corrected chi connectivity index (χ0v) is 13.5. The Labute approximate surface area is 141 Å². The zero-order valence-electron chi connectivity index (χ0n) is 12.7. The van der Waals surface area contributed by atoms with Gasteiger partial charge in [0.15, 0.2) is 0 Å². The van der Waals surface area contributed by atoms with Gasteiger partial charge in [-0.2, -0.15) is 0 Å².